The topological polar surface area (TPSA) is 145 Å². The lowest BCUT2D eigenvalue weighted by Gasteiger charge is -2.41. The van der Waals surface area contributed by atoms with Crippen molar-refractivity contribution in [3.63, 3.8) is 0 Å². The van der Waals surface area contributed by atoms with Gasteiger partial charge in [-0.15, -0.1) is 0 Å². The number of amides is 2. The highest BCUT2D eigenvalue weighted by atomic mass is 16.6. The van der Waals surface area contributed by atoms with Gasteiger partial charge in [0.05, 0.1) is 6.04 Å². The summed E-state index contributed by atoms with van der Waals surface area (Å²) in [6.45, 7) is 2.34. The lowest BCUT2D eigenvalue weighted by molar-refractivity contribution is -0.229. The minimum atomic E-state index is -1.70. The maximum absolute atomic E-state index is 11.1. The largest absolute Gasteiger partial charge is 0.479 e. The van der Waals surface area contributed by atoms with Gasteiger partial charge >= 0.3 is 5.97 Å². The van der Waals surface area contributed by atoms with Gasteiger partial charge in [0.25, 0.3) is 0 Å². The van der Waals surface area contributed by atoms with Crippen LogP contribution in [0.2, 0.25) is 0 Å². The summed E-state index contributed by atoms with van der Waals surface area (Å²) in [5.41, 5.74) is 0. The van der Waals surface area contributed by atoms with Crippen molar-refractivity contribution >= 4 is 17.8 Å². The molecule has 0 saturated carbocycles. The molecule has 5 atom stereocenters. The van der Waals surface area contributed by atoms with E-state index in [0.29, 0.717) is 0 Å². The summed E-state index contributed by atoms with van der Waals surface area (Å²) in [5, 5.41) is 33.0. The van der Waals surface area contributed by atoms with Crippen molar-refractivity contribution in [1.82, 2.24) is 10.6 Å². The molecule has 0 aromatic carbocycles. The van der Waals surface area contributed by atoms with E-state index in [-0.39, 0.29) is 0 Å². The molecular formula is C10H16N2O7. The summed E-state index contributed by atoms with van der Waals surface area (Å²) < 4.78 is 4.73. The standard InChI is InChI=1S/C10H16N2O7/c1-3(13)11-5-6(12-4(2)14)10(18)19-8(7(5)15)9(16)17/h5-8,10,15,18H,1-2H3,(H,11,13)(H,12,14)(H,16,17)/t5-,6+,7+,8+,10+/m1/s1. The predicted octanol–water partition coefficient (Wildman–Crippen LogP) is -2.84. The van der Waals surface area contributed by atoms with E-state index in [2.05, 4.69) is 10.6 Å². The molecule has 0 aromatic heterocycles. The Kier molecular flexibility index (Phi) is 4.81. The molecule has 108 valence electrons. The number of aliphatic hydroxyl groups is 2. The molecule has 2 amide bonds. The molecule has 0 spiro atoms. The number of carbonyl (C=O) groups is 3. The summed E-state index contributed by atoms with van der Waals surface area (Å²) >= 11 is 0. The van der Waals surface area contributed by atoms with Crippen LogP contribution in [0, 0.1) is 0 Å². The van der Waals surface area contributed by atoms with Gasteiger partial charge in [-0.05, 0) is 0 Å². The van der Waals surface area contributed by atoms with Crippen LogP contribution in [0.5, 0.6) is 0 Å². The zero-order chi connectivity index (χ0) is 14.7. The Balaban J connectivity index is 2.98. The van der Waals surface area contributed by atoms with Crippen LogP contribution in [0.15, 0.2) is 0 Å². The number of hydrogen-bond donors (Lipinski definition) is 5. The Hall–Kier alpha value is -1.71. The first-order chi connectivity index (χ1) is 8.73. The van der Waals surface area contributed by atoms with Crippen LogP contribution in [-0.2, 0) is 19.1 Å². The summed E-state index contributed by atoms with van der Waals surface area (Å²) in [4.78, 5) is 33.0. The van der Waals surface area contributed by atoms with Gasteiger partial charge in [-0.2, -0.15) is 0 Å². The number of rotatable bonds is 3. The zero-order valence-corrected chi connectivity index (χ0v) is 10.4. The second kappa shape index (κ2) is 5.95. The first-order valence-electron chi connectivity index (χ1n) is 5.52. The van der Waals surface area contributed by atoms with Crippen molar-refractivity contribution in [2.75, 3.05) is 0 Å². The molecule has 0 unspecified atom stereocenters. The number of hydrogen-bond acceptors (Lipinski definition) is 6. The SMILES string of the molecule is CC(=O)N[C@H]1[C@H](O)[C@@H](C(=O)O)O[C@H](O)[C@H]1NC(C)=O. The Labute approximate surface area is 108 Å². The van der Waals surface area contributed by atoms with Gasteiger partial charge in [-0.1, -0.05) is 0 Å². The maximum Gasteiger partial charge on any atom is 0.335 e. The highest BCUT2D eigenvalue weighted by Crippen LogP contribution is 2.20. The normalized spacial score (nSPS) is 34.4. The number of ether oxygens (including phenoxy) is 1. The third kappa shape index (κ3) is 3.63. The summed E-state index contributed by atoms with van der Waals surface area (Å²) in [6.07, 6.45) is -4.97. The molecule has 1 aliphatic heterocycles. The van der Waals surface area contributed by atoms with E-state index < -0.39 is 48.4 Å². The molecule has 0 bridgehead atoms. The molecule has 9 heteroatoms. The highest BCUT2D eigenvalue weighted by Gasteiger charge is 2.48. The number of aliphatic carboxylic acids is 1. The smallest absolute Gasteiger partial charge is 0.335 e. The molecule has 1 saturated heterocycles. The van der Waals surface area contributed by atoms with E-state index in [1.807, 2.05) is 0 Å². The number of carboxylic acid groups (broad SMARTS) is 1. The molecular weight excluding hydrogens is 260 g/mol. The first-order valence-corrected chi connectivity index (χ1v) is 5.52. The Morgan fingerprint density at radius 1 is 1.00 bits per heavy atom. The lowest BCUT2D eigenvalue weighted by Crippen LogP contribution is -2.69. The molecule has 0 radical (unpaired) electrons. The quantitative estimate of drug-likeness (QED) is 0.373. The maximum atomic E-state index is 11.1. The number of carboxylic acids is 1. The van der Waals surface area contributed by atoms with Crippen LogP contribution in [0.3, 0.4) is 0 Å². The first kappa shape index (κ1) is 15.3. The summed E-state index contributed by atoms with van der Waals surface area (Å²) in [7, 11) is 0. The van der Waals surface area contributed by atoms with Crippen LogP contribution < -0.4 is 10.6 Å². The van der Waals surface area contributed by atoms with E-state index in [9.17, 15) is 24.6 Å². The van der Waals surface area contributed by atoms with Gasteiger partial charge in [0, 0.05) is 13.8 Å². The number of nitrogens with one attached hydrogen (secondary N) is 2. The molecule has 1 aliphatic rings. The van der Waals surface area contributed by atoms with Crippen LogP contribution in [0.1, 0.15) is 13.8 Å². The van der Waals surface area contributed by atoms with Gasteiger partial charge in [-0.25, -0.2) is 4.79 Å². The fourth-order valence-electron chi connectivity index (χ4n) is 1.90. The average molecular weight is 276 g/mol. The lowest BCUT2D eigenvalue weighted by atomic mass is 9.93. The fourth-order valence-corrected chi connectivity index (χ4v) is 1.90. The van der Waals surface area contributed by atoms with Gasteiger partial charge in [0.1, 0.15) is 12.1 Å². The number of carbonyl (C=O) groups excluding carboxylic acids is 2. The van der Waals surface area contributed by atoms with E-state index in [1.54, 1.807) is 0 Å². The van der Waals surface area contributed by atoms with Crippen molar-refractivity contribution < 1.29 is 34.4 Å². The minimum absolute atomic E-state index is 0.524. The predicted molar refractivity (Wildman–Crippen MR) is 59.7 cm³/mol. The Morgan fingerprint density at radius 3 is 1.89 bits per heavy atom. The van der Waals surface area contributed by atoms with E-state index in [4.69, 9.17) is 9.84 Å². The van der Waals surface area contributed by atoms with Crippen LogP contribution in [-0.4, -0.2) is 63.7 Å². The molecule has 1 rings (SSSR count). The monoisotopic (exact) mass is 276 g/mol. The van der Waals surface area contributed by atoms with Crippen molar-refractivity contribution in [2.24, 2.45) is 0 Å². The minimum Gasteiger partial charge on any atom is -0.479 e. The fraction of sp³-hybridized carbons (Fsp3) is 0.700. The molecule has 9 nitrogen and oxygen atoms in total. The molecule has 1 fully saturated rings. The van der Waals surface area contributed by atoms with Crippen LogP contribution in [0.4, 0.5) is 0 Å². The van der Waals surface area contributed by atoms with Crippen molar-refractivity contribution in [3.05, 3.63) is 0 Å². The second-order valence-electron chi connectivity index (χ2n) is 4.23. The average Bonchev–Trinajstić information content (AvgIpc) is 2.26. The van der Waals surface area contributed by atoms with Crippen molar-refractivity contribution in [1.29, 1.82) is 0 Å². The van der Waals surface area contributed by atoms with Crippen LogP contribution >= 0.6 is 0 Å². The third-order valence-electron chi connectivity index (χ3n) is 2.64. The van der Waals surface area contributed by atoms with Gasteiger partial charge < -0.3 is 30.7 Å². The molecule has 19 heavy (non-hydrogen) atoms. The molecule has 0 aliphatic carbocycles. The van der Waals surface area contributed by atoms with Crippen molar-refractivity contribution in [2.45, 2.75) is 44.4 Å². The summed E-state index contributed by atoms with van der Waals surface area (Å²) in [6, 6.07) is -2.32. The number of aliphatic hydroxyl groups excluding tert-OH is 2. The van der Waals surface area contributed by atoms with E-state index >= 15 is 0 Å². The zero-order valence-electron chi connectivity index (χ0n) is 10.4. The Bertz CT molecular complexity index is 386. The molecule has 1 heterocycles. The van der Waals surface area contributed by atoms with Gasteiger partial charge in [0.2, 0.25) is 11.8 Å². The molecule has 5 N–H and O–H groups in total. The van der Waals surface area contributed by atoms with Crippen molar-refractivity contribution in [3.8, 4) is 0 Å². The molecule has 0 aromatic rings. The summed E-state index contributed by atoms with van der Waals surface area (Å²) in [5.74, 6) is -2.55. The van der Waals surface area contributed by atoms with E-state index in [1.165, 1.54) is 6.92 Å². The van der Waals surface area contributed by atoms with Gasteiger partial charge in [-0.3, -0.25) is 9.59 Å². The van der Waals surface area contributed by atoms with Crippen LogP contribution in [0.25, 0.3) is 0 Å². The van der Waals surface area contributed by atoms with Gasteiger partial charge in [0.15, 0.2) is 12.4 Å². The van der Waals surface area contributed by atoms with E-state index in [0.717, 1.165) is 6.92 Å². The Morgan fingerprint density at radius 2 is 1.47 bits per heavy atom. The highest BCUT2D eigenvalue weighted by molar-refractivity contribution is 5.77. The second-order valence-corrected chi connectivity index (χ2v) is 4.23. The third-order valence-corrected chi connectivity index (χ3v) is 2.64.